The molecule has 0 bridgehead atoms. The van der Waals surface area contributed by atoms with E-state index in [0.717, 1.165) is 6.26 Å². The Labute approximate surface area is 133 Å². The minimum Gasteiger partial charge on any atom is -0.355 e. The summed E-state index contributed by atoms with van der Waals surface area (Å²) in [5, 5.41) is 7.47. The van der Waals surface area contributed by atoms with Crippen LogP contribution < -0.4 is 10.6 Å². The van der Waals surface area contributed by atoms with E-state index in [1.165, 1.54) is 22.7 Å². The summed E-state index contributed by atoms with van der Waals surface area (Å²) in [5.41, 5.74) is 0.414. The molecule has 122 valence electrons. The van der Waals surface area contributed by atoms with Crippen molar-refractivity contribution in [3.63, 3.8) is 0 Å². The van der Waals surface area contributed by atoms with Gasteiger partial charge in [-0.2, -0.15) is 0 Å². The van der Waals surface area contributed by atoms with Gasteiger partial charge in [-0.1, -0.05) is 0 Å². The molecular formula is C13H19N3O4S2. The molecule has 2 amide bonds. The van der Waals surface area contributed by atoms with Crippen molar-refractivity contribution in [2.45, 2.75) is 12.8 Å². The number of hydrogen-bond acceptors (Lipinski definition) is 5. The summed E-state index contributed by atoms with van der Waals surface area (Å²) in [6.07, 6.45) is 2.44. The van der Waals surface area contributed by atoms with Crippen molar-refractivity contribution in [1.82, 2.24) is 9.62 Å². The number of carbonyl (C=O) groups is 2. The summed E-state index contributed by atoms with van der Waals surface area (Å²) in [6, 6.07) is 1.64. The van der Waals surface area contributed by atoms with E-state index in [9.17, 15) is 18.0 Å². The molecule has 0 saturated carbocycles. The molecular weight excluding hydrogens is 326 g/mol. The van der Waals surface area contributed by atoms with Crippen LogP contribution in [0.1, 0.15) is 23.2 Å². The van der Waals surface area contributed by atoms with Crippen LogP contribution in [0, 0.1) is 5.92 Å². The van der Waals surface area contributed by atoms with Crippen LogP contribution in [0.3, 0.4) is 0 Å². The zero-order chi connectivity index (χ0) is 16.3. The maximum atomic E-state index is 12.3. The Morgan fingerprint density at radius 3 is 2.77 bits per heavy atom. The van der Waals surface area contributed by atoms with E-state index in [-0.39, 0.29) is 18.4 Å². The Hall–Kier alpha value is -1.45. The third-order valence-electron chi connectivity index (χ3n) is 3.60. The zero-order valence-corrected chi connectivity index (χ0v) is 14.1. The molecule has 0 radical (unpaired) electrons. The van der Waals surface area contributed by atoms with Crippen LogP contribution in [0.15, 0.2) is 11.4 Å². The van der Waals surface area contributed by atoms with Gasteiger partial charge in [0.05, 0.1) is 17.7 Å². The van der Waals surface area contributed by atoms with Gasteiger partial charge >= 0.3 is 0 Å². The maximum absolute atomic E-state index is 12.3. The summed E-state index contributed by atoms with van der Waals surface area (Å²) in [7, 11) is -1.76. The fraction of sp³-hybridized carbons (Fsp3) is 0.538. The molecule has 1 saturated heterocycles. The van der Waals surface area contributed by atoms with Crippen LogP contribution in [-0.4, -0.2) is 50.9 Å². The Bertz CT molecular complexity index is 669. The van der Waals surface area contributed by atoms with Crippen molar-refractivity contribution in [2.24, 2.45) is 5.92 Å². The first-order valence-electron chi connectivity index (χ1n) is 6.88. The minimum atomic E-state index is -3.29. The van der Waals surface area contributed by atoms with Gasteiger partial charge in [0, 0.05) is 20.1 Å². The number of thiophene rings is 1. The third-order valence-corrected chi connectivity index (χ3v) is 5.70. The number of nitrogens with zero attached hydrogens (tertiary/aromatic N) is 1. The molecule has 1 aliphatic heterocycles. The minimum absolute atomic E-state index is 0.186. The normalized spacial score (nSPS) is 19.6. The van der Waals surface area contributed by atoms with Gasteiger partial charge in [-0.15, -0.1) is 11.3 Å². The third kappa shape index (κ3) is 3.84. The highest BCUT2D eigenvalue weighted by molar-refractivity contribution is 7.88. The van der Waals surface area contributed by atoms with Gasteiger partial charge in [0.1, 0.15) is 5.00 Å². The van der Waals surface area contributed by atoms with Gasteiger partial charge in [0.15, 0.2) is 0 Å². The standard InChI is InChI=1S/C13H19N3O4S2/c1-14-12(18)10-5-7-21-13(10)15-11(17)9-4-3-6-16(8-9)22(2,19)20/h5,7,9H,3-4,6,8H2,1-2H3,(H,14,18)(H,15,17)/t9-/m1/s1. The molecule has 2 N–H and O–H groups in total. The Morgan fingerprint density at radius 1 is 1.41 bits per heavy atom. The highest BCUT2D eigenvalue weighted by Gasteiger charge is 2.30. The van der Waals surface area contributed by atoms with Crippen molar-refractivity contribution in [3.8, 4) is 0 Å². The summed E-state index contributed by atoms with van der Waals surface area (Å²) in [4.78, 5) is 24.0. The van der Waals surface area contributed by atoms with E-state index in [0.29, 0.717) is 30.0 Å². The number of amides is 2. The van der Waals surface area contributed by atoms with Gasteiger partial charge in [0.25, 0.3) is 5.91 Å². The first-order valence-corrected chi connectivity index (χ1v) is 9.61. The lowest BCUT2D eigenvalue weighted by atomic mass is 9.99. The van der Waals surface area contributed by atoms with E-state index < -0.39 is 15.9 Å². The second-order valence-electron chi connectivity index (χ2n) is 5.19. The van der Waals surface area contributed by atoms with Gasteiger partial charge in [-0.3, -0.25) is 9.59 Å². The van der Waals surface area contributed by atoms with Gasteiger partial charge in [-0.25, -0.2) is 12.7 Å². The first-order chi connectivity index (χ1) is 10.3. The van der Waals surface area contributed by atoms with Crippen LogP contribution in [0.5, 0.6) is 0 Å². The number of nitrogens with one attached hydrogen (secondary N) is 2. The van der Waals surface area contributed by atoms with E-state index >= 15 is 0 Å². The quantitative estimate of drug-likeness (QED) is 0.840. The molecule has 1 aliphatic rings. The topological polar surface area (TPSA) is 95.6 Å². The molecule has 1 aromatic rings. The molecule has 2 rings (SSSR count). The van der Waals surface area contributed by atoms with E-state index in [2.05, 4.69) is 10.6 Å². The summed E-state index contributed by atoms with van der Waals surface area (Å²) in [5.74, 6) is -0.915. The van der Waals surface area contributed by atoms with Crippen molar-refractivity contribution >= 4 is 38.2 Å². The number of carbonyl (C=O) groups excluding carboxylic acids is 2. The lowest BCUT2D eigenvalue weighted by molar-refractivity contribution is -0.120. The molecule has 9 heteroatoms. The highest BCUT2D eigenvalue weighted by Crippen LogP contribution is 2.26. The predicted octanol–water partition coefficient (Wildman–Crippen LogP) is 0.718. The Balaban J connectivity index is 2.06. The average Bonchev–Trinajstić information content (AvgIpc) is 2.93. The van der Waals surface area contributed by atoms with Crippen LogP contribution in [0.25, 0.3) is 0 Å². The number of hydrogen-bond donors (Lipinski definition) is 2. The van der Waals surface area contributed by atoms with Crippen LogP contribution in [0.2, 0.25) is 0 Å². The summed E-state index contributed by atoms with van der Waals surface area (Å²) < 4.78 is 24.5. The zero-order valence-electron chi connectivity index (χ0n) is 12.5. The van der Waals surface area contributed by atoms with Crippen molar-refractivity contribution in [1.29, 1.82) is 0 Å². The van der Waals surface area contributed by atoms with E-state index in [1.54, 1.807) is 11.4 Å². The molecule has 0 aromatic carbocycles. The van der Waals surface area contributed by atoms with Crippen LogP contribution in [-0.2, 0) is 14.8 Å². The van der Waals surface area contributed by atoms with Crippen molar-refractivity contribution in [2.75, 3.05) is 31.7 Å². The first kappa shape index (κ1) is 16.9. The number of rotatable bonds is 4. The van der Waals surface area contributed by atoms with Crippen LogP contribution in [0.4, 0.5) is 5.00 Å². The molecule has 7 nitrogen and oxygen atoms in total. The average molecular weight is 345 g/mol. The smallest absolute Gasteiger partial charge is 0.254 e. The van der Waals surface area contributed by atoms with Crippen molar-refractivity contribution in [3.05, 3.63) is 17.0 Å². The highest BCUT2D eigenvalue weighted by atomic mass is 32.2. The lowest BCUT2D eigenvalue weighted by Crippen LogP contribution is -2.43. The van der Waals surface area contributed by atoms with Gasteiger partial charge in [-0.05, 0) is 24.3 Å². The van der Waals surface area contributed by atoms with Crippen LogP contribution >= 0.6 is 11.3 Å². The van der Waals surface area contributed by atoms with E-state index in [4.69, 9.17) is 0 Å². The second kappa shape index (κ2) is 6.76. The summed E-state index contributed by atoms with van der Waals surface area (Å²) >= 11 is 1.27. The fourth-order valence-electron chi connectivity index (χ4n) is 2.39. The monoisotopic (exact) mass is 345 g/mol. The molecule has 1 fully saturated rings. The molecule has 22 heavy (non-hydrogen) atoms. The molecule has 1 aromatic heterocycles. The molecule has 0 unspecified atom stereocenters. The number of piperidine rings is 1. The maximum Gasteiger partial charge on any atom is 0.254 e. The van der Waals surface area contributed by atoms with Crippen molar-refractivity contribution < 1.29 is 18.0 Å². The van der Waals surface area contributed by atoms with Gasteiger partial charge < -0.3 is 10.6 Å². The molecule has 0 spiro atoms. The molecule has 2 heterocycles. The molecule has 1 atom stereocenters. The predicted molar refractivity (Wildman–Crippen MR) is 85.5 cm³/mol. The van der Waals surface area contributed by atoms with E-state index in [1.807, 2.05) is 0 Å². The molecule has 0 aliphatic carbocycles. The largest absolute Gasteiger partial charge is 0.355 e. The number of sulfonamides is 1. The summed E-state index contributed by atoms with van der Waals surface area (Å²) in [6.45, 7) is 0.635. The number of anilines is 1. The van der Waals surface area contributed by atoms with Gasteiger partial charge in [0.2, 0.25) is 15.9 Å². The SMILES string of the molecule is CNC(=O)c1ccsc1NC(=O)[C@@H]1CCCN(S(C)(=O)=O)C1. The fourth-order valence-corrected chi connectivity index (χ4v) is 4.09. The Morgan fingerprint density at radius 2 is 2.14 bits per heavy atom. The Kier molecular flexibility index (Phi) is 5.20. The second-order valence-corrected chi connectivity index (χ2v) is 8.09. The lowest BCUT2D eigenvalue weighted by Gasteiger charge is -2.30.